The van der Waals surface area contributed by atoms with Gasteiger partial charge in [-0.2, -0.15) is 0 Å². The Labute approximate surface area is 113 Å². The van der Waals surface area contributed by atoms with Gasteiger partial charge >= 0.3 is 0 Å². The number of fused-ring (bicyclic) bond motifs is 3. The van der Waals surface area contributed by atoms with Crippen molar-refractivity contribution in [3.05, 3.63) is 58.6 Å². The van der Waals surface area contributed by atoms with Crippen LogP contribution < -0.4 is 0 Å². The van der Waals surface area contributed by atoms with Crippen LogP contribution in [-0.2, 0) is 4.74 Å². The number of epoxide rings is 1. The molecule has 0 N–H and O–H groups in total. The SMILES string of the molecule is Brc1cc2c([C@H]3CO3)cccc2c2ccccc12. The van der Waals surface area contributed by atoms with Crippen molar-refractivity contribution < 1.29 is 4.74 Å². The Kier molecular flexibility index (Phi) is 2.23. The zero-order valence-corrected chi connectivity index (χ0v) is 11.3. The second-order valence-corrected chi connectivity index (χ2v) is 5.52. The van der Waals surface area contributed by atoms with Gasteiger partial charge in [0, 0.05) is 4.47 Å². The fourth-order valence-electron chi connectivity index (χ4n) is 2.62. The molecule has 1 nitrogen and oxygen atoms in total. The summed E-state index contributed by atoms with van der Waals surface area (Å²) in [5.41, 5.74) is 1.30. The minimum absolute atomic E-state index is 0.293. The maximum Gasteiger partial charge on any atom is 0.107 e. The lowest BCUT2D eigenvalue weighted by Gasteiger charge is -2.09. The van der Waals surface area contributed by atoms with E-state index in [4.69, 9.17) is 4.74 Å². The van der Waals surface area contributed by atoms with E-state index in [1.807, 2.05) is 0 Å². The van der Waals surface area contributed by atoms with E-state index in [9.17, 15) is 0 Å². The summed E-state index contributed by atoms with van der Waals surface area (Å²) in [7, 11) is 0. The van der Waals surface area contributed by atoms with Gasteiger partial charge in [-0.25, -0.2) is 0 Å². The molecule has 2 heteroatoms. The molecule has 3 aromatic rings. The zero-order valence-electron chi connectivity index (χ0n) is 9.69. The van der Waals surface area contributed by atoms with E-state index in [1.54, 1.807) is 0 Å². The summed E-state index contributed by atoms with van der Waals surface area (Å²) in [6.07, 6.45) is 0.293. The largest absolute Gasteiger partial charge is 0.368 e. The molecule has 18 heavy (non-hydrogen) atoms. The first-order valence-corrected chi connectivity index (χ1v) is 6.85. The maximum atomic E-state index is 5.44. The highest BCUT2D eigenvalue weighted by molar-refractivity contribution is 9.10. The minimum Gasteiger partial charge on any atom is -0.368 e. The Balaban J connectivity index is 2.20. The molecule has 1 heterocycles. The van der Waals surface area contributed by atoms with Crippen molar-refractivity contribution in [2.24, 2.45) is 0 Å². The van der Waals surface area contributed by atoms with Gasteiger partial charge in [-0.05, 0) is 33.2 Å². The molecule has 0 radical (unpaired) electrons. The van der Waals surface area contributed by atoms with Gasteiger partial charge in [-0.3, -0.25) is 0 Å². The Morgan fingerprint density at radius 3 is 2.33 bits per heavy atom. The topological polar surface area (TPSA) is 12.5 Å². The fraction of sp³-hybridized carbons (Fsp3) is 0.125. The number of hydrogen-bond donors (Lipinski definition) is 0. The van der Waals surface area contributed by atoms with Crippen molar-refractivity contribution >= 4 is 37.5 Å². The molecule has 0 unspecified atom stereocenters. The van der Waals surface area contributed by atoms with Crippen LogP contribution in [0.2, 0.25) is 0 Å². The number of hydrogen-bond acceptors (Lipinski definition) is 1. The van der Waals surface area contributed by atoms with Crippen LogP contribution in [0.3, 0.4) is 0 Å². The minimum atomic E-state index is 0.293. The Bertz CT molecular complexity index is 759. The van der Waals surface area contributed by atoms with Crippen LogP contribution in [0.1, 0.15) is 11.7 Å². The first-order chi connectivity index (χ1) is 8.84. The van der Waals surface area contributed by atoms with E-state index in [0.717, 1.165) is 11.1 Å². The number of rotatable bonds is 1. The highest BCUT2D eigenvalue weighted by Crippen LogP contribution is 2.39. The Hall–Kier alpha value is -1.38. The van der Waals surface area contributed by atoms with Gasteiger partial charge in [0.05, 0.1) is 6.61 Å². The lowest BCUT2D eigenvalue weighted by molar-refractivity contribution is 0.417. The summed E-state index contributed by atoms with van der Waals surface area (Å²) in [5, 5.41) is 5.16. The normalized spacial score (nSPS) is 18.4. The van der Waals surface area contributed by atoms with Gasteiger partial charge in [-0.15, -0.1) is 0 Å². The third kappa shape index (κ3) is 1.49. The van der Waals surface area contributed by atoms with Gasteiger partial charge in [0.25, 0.3) is 0 Å². The van der Waals surface area contributed by atoms with Gasteiger partial charge in [0.15, 0.2) is 0 Å². The summed E-state index contributed by atoms with van der Waals surface area (Å²) < 4.78 is 6.59. The van der Waals surface area contributed by atoms with Crippen molar-refractivity contribution in [3.63, 3.8) is 0 Å². The number of ether oxygens (including phenoxy) is 1. The summed E-state index contributed by atoms with van der Waals surface area (Å²) in [5.74, 6) is 0. The molecule has 3 aromatic carbocycles. The van der Waals surface area contributed by atoms with Crippen LogP contribution in [0.15, 0.2) is 53.0 Å². The lowest BCUT2D eigenvalue weighted by atomic mass is 9.97. The van der Waals surface area contributed by atoms with Crippen LogP contribution in [0.4, 0.5) is 0 Å². The predicted molar refractivity (Wildman–Crippen MR) is 77.8 cm³/mol. The molecular formula is C16H11BrO. The van der Waals surface area contributed by atoms with Gasteiger partial charge < -0.3 is 4.74 Å². The molecule has 0 amide bonds. The molecule has 0 saturated carbocycles. The van der Waals surface area contributed by atoms with Crippen molar-refractivity contribution in [2.45, 2.75) is 6.10 Å². The van der Waals surface area contributed by atoms with E-state index < -0.39 is 0 Å². The number of halogens is 1. The molecule has 1 aliphatic heterocycles. The van der Waals surface area contributed by atoms with E-state index in [-0.39, 0.29) is 0 Å². The van der Waals surface area contributed by atoms with E-state index in [1.165, 1.54) is 27.1 Å². The van der Waals surface area contributed by atoms with Crippen LogP contribution >= 0.6 is 15.9 Å². The second kappa shape index (κ2) is 3.81. The predicted octanol–water partition coefficient (Wildman–Crippen LogP) is 4.83. The van der Waals surface area contributed by atoms with Crippen molar-refractivity contribution in [3.8, 4) is 0 Å². The monoisotopic (exact) mass is 298 g/mol. The highest BCUT2D eigenvalue weighted by atomic mass is 79.9. The summed E-state index contributed by atoms with van der Waals surface area (Å²) in [4.78, 5) is 0. The quantitative estimate of drug-likeness (QED) is 0.463. The molecular weight excluding hydrogens is 288 g/mol. The molecule has 1 fully saturated rings. The molecule has 0 aliphatic carbocycles. The molecule has 0 bridgehead atoms. The second-order valence-electron chi connectivity index (χ2n) is 4.67. The first-order valence-electron chi connectivity index (χ1n) is 6.06. The first kappa shape index (κ1) is 10.5. The molecule has 1 atom stereocenters. The third-order valence-electron chi connectivity index (χ3n) is 3.57. The standard InChI is InChI=1S/C16H11BrO/c17-15-8-14-11(10-4-1-2-5-12(10)15)6-3-7-13(14)16-9-18-16/h1-8,16H,9H2/t16-/m1/s1. The van der Waals surface area contributed by atoms with Crippen LogP contribution in [-0.4, -0.2) is 6.61 Å². The van der Waals surface area contributed by atoms with E-state index in [0.29, 0.717) is 6.10 Å². The van der Waals surface area contributed by atoms with Crippen molar-refractivity contribution in [1.82, 2.24) is 0 Å². The summed E-state index contributed by atoms with van der Waals surface area (Å²) >= 11 is 3.68. The molecule has 0 spiro atoms. The smallest absolute Gasteiger partial charge is 0.107 e. The van der Waals surface area contributed by atoms with Gasteiger partial charge in [-0.1, -0.05) is 58.4 Å². The Morgan fingerprint density at radius 1 is 0.889 bits per heavy atom. The molecule has 0 aromatic heterocycles. The van der Waals surface area contributed by atoms with Crippen molar-refractivity contribution in [1.29, 1.82) is 0 Å². The van der Waals surface area contributed by atoms with Gasteiger partial charge in [0.1, 0.15) is 6.10 Å². The Morgan fingerprint density at radius 2 is 1.56 bits per heavy atom. The average Bonchev–Trinajstić information content (AvgIpc) is 3.23. The van der Waals surface area contributed by atoms with E-state index in [2.05, 4.69) is 64.5 Å². The highest BCUT2D eigenvalue weighted by Gasteiger charge is 2.26. The lowest BCUT2D eigenvalue weighted by Crippen LogP contribution is -1.86. The molecule has 1 aliphatic rings. The summed E-state index contributed by atoms with van der Waals surface area (Å²) in [6.45, 7) is 0.851. The zero-order chi connectivity index (χ0) is 12.1. The molecule has 88 valence electrons. The van der Waals surface area contributed by atoms with Crippen LogP contribution in [0.5, 0.6) is 0 Å². The van der Waals surface area contributed by atoms with Gasteiger partial charge in [0.2, 0.25) is 0 Å². The van der Waals surface area contributed by atoms with Crippen LogP contribution in [0, 0.1) is 0 Å². The maximum absolute atomic E-state index is 5.44. The fourth-order valence-corrected chi connectivity index (χ4v) is 3.19. The average molecular weight is 299 g/mol. The summed E-state index contributed by atoms with van der Waals surface area (Å²) in [6, 6.07) is 17.2. The number of benzene rings is 3. The molecule has 1 saturated heterocycles. The van der Waals surface area contributed by atoms with Crippen molar-refractivity contribution in [2.75, 3.05) is 6.61 Å². The van der Waals surface area contributed by atoms with Crippen LogP contribution in [0.25, 0.3) is 21.5 Å². The van der Waals surface area contributed by atoms with E-state index >= 15 is 0 Å². The third-order valence-corrected chi connectivity index (χ3v) is 4.22. The molecule has 4 rings (SSSR count).